The van der Waals surface area contributed by atoms with Crippen LogP contribution in [0.2, 0.25) is 0 Å². The summed E-state index contributed by atoms with van der Waals surface area (Å²) in [5.41, 5.74) is 5.59. The van der Waals surface area contributed by atoms with Gasteiger partial charge in [0, 0.05) is 4.47 Å². The van der Waals surface area contributed by atoms with Gasteiger partial charge in [-0.3, -0.25) is 0 Å². The van der Waals surface area contributed by atoms with Crippen LogP contribution < -0.4 is 15.2 Å². The van der Waals surface area contributed by atoms with E-state index in [0.717, 1.165) is 0 Å². The molecule has 0 spiro atoms. The van der Waals surface area contributed by atoms with Crippen LogP contribution in [0.25, 0.3) is 0 Å². The van der Waals surface area contributed by atoms with E-state index in [9.17, 15) is 4.39 Å². The monoisotopic (exact) mass is 313 g/mol. The summed E-state index contributed by atoms with van der Waals surface area (Å²) in [6.45, 7) is 0. The maximum atomic E-state index is 13.5. The summed E-state index contributed by atoms with van der Waals surface area (Å²) < 4.78 is 24.6. The van der Waals surface area contributed by atoms with Gasteiger partial charge in [-0.15, -0.1) is 0 Å². The van der Waals surface area contributed by atoms with Gasteiger partial charge in [0.15, 0.2) is 17.4 Å². The molecule has 2 N–H and O–H groups in total. The number of methoxy groups -OCH3 is 1. The van der Waals surface area contributed by atoms with E-state index < -0.39 is 5.82 Å². The van der Waals surface area contributed by atoms with E-state index in [1.807, 2.05) is 0 Å². The quantitative estimate of drug-likeness (QED) is 0.943. The summed E-state index contributed by atoms with van der Waals surface area (Å²) in [7, 11) is 1.40. The minimum Gasteiger partial charge on any atom is -0.489 e. The van der Waals surface area contributed by atoms with Gasteiger partial charge in [0.25, 0.3) is 5.88 Å². The minimum absolute atomic E-state index is 0.0146. The zero-order valence-electron chi connectivity index (χ0n) is 9.35. The van der Waals surface area contributed by atoms with Crippen molar-refractivity contribution in [1.29, 1.82) is 0 Å². The van der Waals surface area contributed by atoms with Gasteiger partial charge in [-0.05, 0) is 18.2 Å². The maximum Gasteiger partial charge on any atom is 0.268 e. The van der Waals surface area contributed by atoms with E-state index in [-0.39, 0.29) is 23.2 Å². The van der Waals surface area contributed by atoms with Crippen molar-refractivity contribution in [1.82, 2.24) is 9.97 Å². The molecule has 94 valence electrons. The highest BCUT2D eigenvalue weighted by Crippen LogP contribution is 2.34. The smallest absolute Gasteiger partial charge is 0.268 e. The average molecular weight is 314 g/mol. The summed E-state index contributed by atoms with van der Waals surface area (Å²) in [6.07, 6.45) is 1.21. The largest absolute Gasteiger partial charge is 0.489 e. The summed E-state index contributed by atoms with van der Waals surface area (Å²) >= 11 is 3.22. The maximum absolute atomic E-state index is 13.5. The summed E-state index contributed by atoms with van der Waals surface area (Å²) in [4.78, 5) is 7.61. The van der Waals surface area contributed by atoms with Gasteiger partial charge in [-0.2, -0.15) is 4.98 Å². The van der Waals surface area contributed by atoms with E-state index in [1.165, 1.54) is 25.6 Å². The van der Waals surface area contributed by atoms with Crippen molar-refractivity contribution in [2.75, 3.05) is 12.8 Å². The van der Waals surface area contributed by atoms with Crippen molar-refractivity contribution in [2.24, 2.45) is 0 Å². The number of anilines is 1. The molecule has 18 heavy (non-hydrogen) atoms. The molecule has 0 amide bonds. The molecular weight excluding hydrogens is 305 g/mol. The van der Waals surface area contributed by atoms with Crippen LogP contribution in [0, 0.1) is 5.82 Å². The fourth-order valence-electron chi connectivity index (χ4n) is 1.29. The third-order valence-corrected chi connectivity index (χ3v) is 2.60. The molecule has 1 aromatic heterocycles. The first-order chi connectivity index (χ1) is 8.61. The Morgan fingerprint density at radius 2 is 2.11 bits per heavy atom. The molecule has 0 saturated carbocycles. The Bertz CT molecular complexity index is 580. The van der Waals surface area contributed by atoms with Crippen LogP contribution in [0.5, 0.6) is 17.4 Å². The van der Waals surface area contributed by atoms with Crippen LogP contribution in [0.4, 0.5) is 10.2 Å². The molecule has 0 aliphatic heterocycles. The topological polar surface area (TPSA) is 70.3 Å². The molecule has 7 heteroatoms. The number of nitrogens with zero attached hydrogens (tertiary/aromatic N) is 2. The zero-order chi connectivity index (χ0) is 13.1. The molecule has 0 aliphatic rings. The lowest BCUT2D eigenvalue weighted by atomic mass is 10.3. The second kappa shape index (κ2) is 5.18. The molecule has 0 aliphatic carbocycles. The molecule has 0 unspecified atom stereocenters. The molecule has 0 saturated heterocycles. The van der Waals surface area contributed by atoms with Crippen molar-refractivity contribution >= 4 is 21.7 Å². The summed E-state index contributed by atoms with van der Waals surface area (Å²) in [5, 5.41) is 0. The van der Waals surface area contributed by atoms with Crippen LogP contribution in [0.3, 0.4) is 0 Å². The minimum atomic E-state index is -0.516. The number of aromatic nitrogens is 2. The second-order valence-corrected chi connectivity index (χ2v) is 4.19. The number of nitrogens with two attached hydrogens (primary N) is 1. The van der Waals surface area contributed by atoms with E-state index in [4.69, 9.17) is 15.2 Å². The van der Waals surface area contributed by atoms with Gasteiger partial charge >= 0.3 is 0 Å². The Morgan fingerprint density at radius 3 is 2.83 bits per heavy atom. The van der Waals surface area contributed by atoms with Crippen LogP contribution >= 0.6 is 15.9 Å². The Morgan fingerprint density at radius 1 is 1.33 bits per heavy atom. The molecule has 0 atom stereocenters. The van der Waals surface area contributed by atoms with Crippen molar-refractivity contribution < 1.29 is 13.9 Å². The van der Waals surface area contributed by atoms with Gasteiger partial charge in [0.2, 0.25) is 5.75 Å². The van der Waals surface area contributed by atoms with Crippen LogP contribution in [0.15, 0.2) is 29.0 Å². The third kappa shape index (κ3) is 2.51. The standard InChI is InChI=1S/C11H9BrFN3O2/c1-17-9-10(14)15-5-16-11(9)18-8-4-6(12)2-3-7(8)13/h2-5H,1H3,(H2,14,15,16). The van der Waals surface area contributed by atoms with Crippen LogP contribution in [-0.4, -0.2) is 17.1 Å². The van der Waals surface area contributed by atoms with Gasteiger partial charge in [-0.25, -0.2) is 9.37 Å². The zero-order valence-corrected chi connectivity index (χ0v) is 10.9. The van der Waals surface area contributed by atoms with Gasteiger partial charge in [0.05, 0.1) is 7.11 Å². The van der Waals surface area contributed by atoms with Gasteiger partial charge < -0.3 is 15.2 Å². The fraction of sp³-hybridized carbons (Fsp3) is 0.0909. The number of hydrogen-bond donors (Lipinski definition) is 1. The van der Waals surface area contributed by atoms with Crippen molar-refractivity contribution in [3.05, 3.63) is 34.8 Å². The predicted molar refractivity (Wildman–Crippen MR) is 67.2 cm³/mol. The number of rotatable bonds is 3. The van der Waals surface area contributed by atoms with Gasteiger partial charge in [0.1, 0.15) is 6.33 Å². The lowest BCUT2D eigenvalue weighted by Gasteiger charge is -2.10. The molecular formula is C11H9BrFN3O2. The first-order valence-corrected chi connectivity index (χ1v) is 5.68. The highest BCUT2D eigenvalue weighted by molar-refractivity contribution is 9.10. The Balaban J connectivity index is 2.40. The first kappa shape index (κ1) is 12.6. The normalized spacial score (nSPS) is 10.2. The lowest BCUT2D eigenvalue weighted by molar-refractivity contribution is 0.360. The van der Waals surface area contributed by atoms with Crippen molar-refractivity contribution in [3.63, 3.8) is 0 Å². The van der Waals surface area contributed by atoms with E-state index in [2.05, 4.69) is 25.9 Å². The van der Waals surface area contributed by atoms with Gasteiger partial charge in [-0.1, -0.05) is 15.9 Å². The SMILES string of the molecule is COc1c(N)ncnc1Oc1cc(Br)ccc1F. The Hall–Kier alpha value is -1.89. The van der Waals surface area contributed by atoms with E-state index in [0.29, 0.717) is 4.47 Å². The third-order valence-electron chi connectivity index (χ3n) is 2.10. The van der Waals surface area contributed by atoms with E-state index >= 15 is 0 Å². The number of hydrogen-bond acceptors (Lipinski definition) is 5. The van der Waals surface area contributed by atoms with Crippen LogP contribution in [-0.2, 0) is 0 Å². The Labute approximate surface area is 111 Å². The number of benzene rings is 1. The average Bonchev–Trinajstić information content (AvgIpc) is 2.34. The first-order valence-electron chi connectivity index (χ1n) is 4.89. The highest BCUT2D eigenvalue weighted by Gasteiger charge is 2.14. The summed E-state index contributed by atoms with van der Waals surface area (Å²) in [5.74, 6) is -0.157. The second-order valence-electron chi connectivity index (χ2n) is 3.27. The lowest BCUT2D eigenvalue weighted by Crippen LogP contribution is -2.00. The molecule has 2 rings (SSSR count). The molecule has 1 aromatic carbocycles. The highest BCUT2D eigenvalue weighted by atomic mass is 79.9. The molecule has 0 bridgehead atoms. The van der Waals surface area contributed by atoms with Crippen molar-refractivity contribution in [2.45, 2.75) is 0 Å². The molecule has 0 fully saturated rings. The van der Waals surface area contributed by atoms with Crippen molar-refractivity contribution in [3.8, 4) is 17.4 Å². The van der Waals surface area contributed by atoms with Crippen LogP contribution in [0.1, 0.15) is 0 Å². The predicted octanol–water partition coefficient (Wildman–Crippen LogP) is 2.76. The number of ether oxygens (including phenoxy) is 2. The fourth-order valence-corrected chi connectivity index (χ4v) is 1.63. The molecule has 0 radical (unpaired) electrons. The number of nitrogen functional groups attached to an aromatic ring is 1. The molecule has 2 aromatic rings. The number of halogens is 2. The molecule has 1 heterocycles. The Kier molecular flexibility index (Phi) is 3.61. The molecule has 5 nitrogen and oxygen atoms in total. The summed E-state index contributed by atoms with van der Waals surface area (Å²) in [6, 6.07) is 4.32. The van der Waals surface area contributed by atoms with E-state index in [1.54, 1.807) is 6.07 Å².